The maximum atomic E-state index is 13.0. The third-order valence-corrected chi connectivity index (χ3v) is 5.84. The maximum Gasteiger partial charge on any atom is 0.326 e. The summed E-state index contributed by atoms with van der Waals surface area (Å²) >= 11 is 0. The van der Waals surface area contributed by atoms with E-state index in [0.717, 1.165) is 44.9 Å². The van der Waals surface area contributed by atoms with E-state index in [2.05, 4.69) is 12.2 Å². The highest BCUT2D eigenvalue weighted by molar-refractivity contribution is 5.88. The molecule has 7 heteroatoms. The van der Waals surface area contributed by atoms with Gasteiger partial charge in [0.15, 0.2) is 0 Å². The number of fused-ring (bicyclic) bond motifs is 1. The van der Waals surface area contributed by atoms with Crippen molar-refractivity contribution in [2.45, 2.75) is 95.8 Å². The minimum absolute atomic E-state index is 0.0232. The molecule has 3 N–H and O–H groups in total. The Morgan fingerprint density at radius 3 is 2.46 bits per heavy atom. The zero-order valence-corrected chi connectivity index (χ0v) is 15.8. The zero-order chi connectivity index (χ0) is 19.3. The number of unbranched alkanes of at least 4 members (excludes halogenated alkanes) is 2. The molecule has 148 valence electrons. The number of hydrogen-bond donors (Lipinski definition) is 3. The largest absolute Gasteiger partial charge is 0.480 e. The number of amides is 1. The quantitative estimate of drug-likeness (QED) is 0.539. The second-order valence-corrected chi connectivity index (χ2v) is 7.72. The Hall–Kier alpha value is -1.63. The molecule has 0 aromatic rings. The van der Waals surface area contributed by atoms with Crippen molar-refractivity contribution in [3.63, 3.8) is 0 Å². The van der Waals surface area contributed by atoms with Crippen LogP contribution >= 0.6 is 0 Å². The van der Waals surface area contributed by atoms with Gasteiger partial charge >= 0.3 is 11.9 Å². The fourth-order valence-corrected chi connectivity index (χ4v) is 4.47. The predicted molar refractivity (Wildman–Crippen MR) is 96.8 cm³/mol. The Labute approximate surface area is 155 Å². The lowest BCUT2D eigenvalue weighted by Crippen LogP contribution is -2.55. The van der Waals surface area contributed by atoms with Crippen LogP contribution < -0.4 is 5.32 Å². The van der Waals surface area contributed by atoms with Gasteiger partial charge in [-0.15, -0.1) is 0 Å². The van der Waals surface area contributed by atoms with Crippen molar-refractivity contribution in [2.75, 3.05) is 0 Å². The van der Waals surface area contributed by atoms with Crippen LogP contribution in [0.2, 0.25) is 0 Å². The van der Waals surface area contributed by atoms with Crippen molar-refractivity contribution < 1.29 is 24.6 Å². The van der Waals surface area contributed by atoms with Crippen LogP contribution in [-0.4, -0.2) is 57.1 Å². The van der Waals surface area contributed by atoms with Gasteiger partial charge in [-0.1, -0.05) is 39.0 Å². The van der Waals surface area contributed by atoms with Gasteiger partial charge in [-0.05, 0) is 38.5 Å². The molecule has 2 aliphatic rings. The van der Waals surface area contributed by atoms with Gasteiger partial charge in [-0.25, -0.2) is 4.79 Å². The number of nitrogens with zero attached hydrogens (tertiary/aromatic N) is 1. The zero-order valence-electron chi connectivity index (χ0n) is 15.8. The van der Waals surface area contributed by atoms with Crippen LogP contribution in [-0.2, 0) is 14.4 Å². The van der Waals surface area contributed by atoms with Crippen LogP contribution in [0, 0.1) is 5.92 Å². The van der Waals surface area contributed by atoms with E-state index in [0.29, 0.717) is 12.8 Å². The highest BCUT2D eigenvalue weighted by atomic mass is 16.4. The molecule has 2 rings (SSSR count). The van der Waals surface area contributed by atoms with Gasteiger partial charge in [0.05, 0.1) is 6.04 Å². The van der Waals surface area contributed by atoms with Gasteiger partial charge in [0.1, 0.15) is 12.1 Å². The van der Waals surface area contributed by atoms with Crippen LogP contribution in [0.15, 0.2) is 0 Å². The van der Waals surface area contributed by atoms with E-state index in [4.69, 9.17) is 0 Å². The lowest BCUT2D eigenvalue weighted by Gasteiger charge is -2.35. The van der Waals surface area contributed by atoms with E-state index >= 15 is 0 Å². The first-order chi connectivity index (χ1) is 12.4. The SMILES string of the molecule is CCCCC[C@H](N[C@@H](C)C(=O)N1[C@H](C(=O)O)C[C@H]2CCCC[C@@H]21)C(=O)O. The van der Waals surface area contributed by atoms with E-state index in [1.807, 2.05) is 0 Å². The molecule has 1 aliphatic carbocycles. The number of likely N-dealkylation sites (tertiary alicyclic amines) is 1. The summed E-state index contributed by atoms with van der Waals surface area (Å²) in [6.45, 7) is 3.70. The summed E-state index contributed by atoms with van der Waals surface area (Å²) in [4.78, 5) is 37.7. The van der Waals surface area contributed by atoms with Crippen molar-refractivity contribution in [3.05, 3.63) is 0 Å². The highest BCUT2D eigenvalue weighted by Gasteiger charge is 2.48. The van der Waals surface area contributed by atoms with Crippen molar-refractivity contribution in [1.82, 2.24) is 10.2 Å². The van der Waals surface area contributed by atoms with Crippen molar-refractivity contribution >= 4 is 17.8 Å². The number of carboxylic acid groups (broad SMARTS) is 2. The van der Waals surface area contributed by atoms with E-state index in [-0.39, 0.29) is 17.9 Å². The molecule has 1 heterocycles. The van der Waals surface area contributed by atoms with Crippen molar-refractivity contribution in [1.29, 1.82) is 0 Å². The molecule has 0 unspecified atom stereocenters. The smallest absolute Gasteiger partial charge is 0.326 e. The molecule has 7 nitrogen and oxygen atoms in total. The Balaban J connectivity index is 2.06. The van der Waals surface area contributed by atoms with Gasteiger partial charge in [-0.2, -0.15) is 0 Å². The Morgan fingerprint density at radius 2 is 1.85 bits per heavy atom. The molecule has 0 radical (unpaired) electrons. The summed E-state index contributed by atoms with van der Waals surface area (Å²) < 4.78 is 0. The minimum Gasteiger partial charge on any atom is -0.480 e. The number of nitrogens with one attached hydrogen (secondary N) is 1. The third kappa shape index (κ3) is 4.75. The standard InChI is InChI=1S/C19H32N2O5/c1-3-4-5-9-14(18(23)24)20-12(2)17(22)21-15-10-7-6-8-13(15)11-16(21)19(25)26/h12-16,20H,3-11H2,1-2H3,(H,23,24)(H,25,26)/t12-,13+,14-,15-,16-/m0/s1. The van der Waals surface area contributed by atoms with Crippen molar-refractivity contribution in [3.8, 4) is 0 Å². The van der Waals surface area contributed by atoms with Gasteiger partial charge in [0.25, 0.3) is 0 Å². The maximum absolute atomic E-state index is 13.0. The summed E-state index contributed by atoms with van der Waals surface area (Å²) in [7, 11) is 0. The third-order valence-electron chi connectivity index (χ3n) is 5.84. The van der Waals surface area contributed by atoms with E-state index < -0.39 is 30.1 Å². The Bertz CT molecular complexity index is 524. The van der Waals surface area contributed by atoms with Crippen LogP contribution in [0.25, 0.3) is 0 Å². The van der Waals surface area contributed by atoms with Gasteiger partial charge in [0, 0.05) is 6.04 Å². The molecule has 26 heavy (non-hydrogen) atoms. The monoisotopic (exact) mass is 368 g/mol. The van der Waals surface area contributed by atoms with E-state index in [1.54, 1.807) is 6.92 Å². The number of carboxylic acids is 2. The summed E-state index contributed by atoms with van der Waals surface area (Å²) in [6, 6.07) is -2.30. The first-order valence-electron chi connectivity index (χ1n) is 9.90. The van der Waals surface area contributed by atoms with Crippen LogP contribution in [0.1, 0.15) is 71.6 Å². The van der Waals surface area contributed by atoms with Gasteiger partial charge in [-0.3, -0.25) is 14.9 Å². The number of rotatable bonds is 9. The molecule has 0 spiro atoms. The normalized spacial score (nSPS) is 27.6. The first kappa shape index (κ1) is 20.7. The van der Waals surface area contributed by atoms with Crippen LogP contribution in [0.5, 0.6) is 0 Å². The highest BCUT2D eigenvalue weighted by Crippen LogP contribution is 2.40. The lowest BCUT2D eigenvalue weighted by molar-refractivity contribution is -0.151. The molecule has 1 amide bonds. The molecule has 1 saturated carbocycles. The van der Waals surface area contributed by atoms with E-state index in [9.17, 15) is 24.6 Å². The second kappa shape index (κ2) is 9.35. The molecular formula is C19H32N2O5. The molecule has 0 aromatic heterocycles. The van der Waals surface area contributed by atoms with Crippen molar-refractivity contribution in [2.24, 2.45) is 5.92 Å². The molecule has 2 fully saturated rings. The second-order valence-electron chi connectivity index (χ2n) is 7.72. The number of carbonyl (C=O) groups is 3. The number of carbonyl (C=O) groups excluding carboxylic acids is 1. The van der Waals surface area contributed by atoms with E-state index in [1.165, 1.54) is 4.90 Å². The molecule has 1 aliphatic heterocycles. The average molecular weight is 368 g/mol. The molecule has 0 bridgehead atoms. The summed E-state index contributed by atoms with van der Waals surface area (Å²) in [5, 5.41) is 21.9. The molecular weight excluding hydrogens is 336 g/mol. The molecule has 1 saturated heterocycles. The topological polar surface area (TPSA) is 107 Å². The average Bonchev–Trinajstić information content (AvgIpc) is 2.99. The van der Waals surface area contributed by atoms with Crippen LogP contribution in [0.4, 0.5) is 0 Å². The summed E-state index contributed by atoms with van der Waals surface area (Å²) in [5.41, 5.74) is 0. The molecule has 0 aromatic carbocycles. The molecule has 5 atom stereocenters. The summed E-state index contributed by atoms with van der Waals surface area (Å²) in [6.07, 6.45) is 7.61. The first-order valence-corrected chi connectivity index (χ1v) is 9.90. The fourth-order valence-electron chi connectivity index (χ4n) is 4.47. The Morgan fingerprint density at radius 1 is 1.15 bits per heavy atom. The fraction of sp³-hybridized carbons (Fsp3) is 0.842. The van der Waals surface area contributed by atoms with Crippen LogP contribution in [0.3, 0.4) is 0 Å². The number of hydrogen-bond acceptors (Lipinski definition) is 4. The van der Waals surface area contributed by atoms with Gasteiger partial charge in [0.2, 0.25) is 5.91 Å². The lowest BCUT2D eigenvalue weighted by atomic mass is 9.84. The Kier molecular flexibility index (Phi) is 7.43. The minimum atomic E-state index is -0.965. The predicted octanol–water partition coefficient (Wildman–Crippen LogP) is 2.24. The summed E-state index contributed by atoms with van der Waals surface area (Å²) in [5.74, 6) is -1.96. The van der Waals surface area contributed by atoms with Gasteiger partial charge < -0.3 is 15.1 Å². The number of aliphatic carboxylic acids is 2.